The van der Waals surface area contributed by atoms with Gasteiger partial charge in [-0.3, -0.25) is 0 Å². The number of hydrogen-bond acceptors (Lipinski definition) is 2. The molecule has 0 spiro atoms. The molecule has 0 atom stereocenters. The van der Waals surface area contributed by atoms with E-state index in [2.05, 4.69) is 4.98 Å². The van der Waals surface area contributed by atoms with Crippen LogP contribution in [-0.2, 0) is 0 Å². The predicted octanol–water partition coefficient (Wildman–Crippen LogP) is 1.73. The molecule has 0 bridgehead atoms. The fourth-order valence-electron chi connectivity index (χ4n) is 0.504. The van der Waals surface area contributed by atoms with E-state index in [4.69, 9.17) is 17.0 Å². The molecule has 0 radical (unpaired) electrons. The van der Waals surface area contributed by atoms with E-state index < -0.39 is 0 Å². The second kappa shape index (κ2) is 2.60. The van der Waals surface area contributed by atoms with Crippen LogP contribution in [0.5, 0.6) is 0 Å². The molecule has 0 saturated heterocycles. The number of hydrogen-bond donors (Lipinski definition) is 1. The highest BCUT2D eigenvalue weighted by Gasteiger charge is 1.87. The lowest BCUT2D eigenvalue weighted by Gasteiger charge is -1.88. The van der Waals surface area contributed by atoms with Gasteiger partial charge in [-0.1, -0.05) is 17.7 Å². The molecule has 3 heteroatoms. The fourth-order valence-corrected chi connectivity index (χ4v) is 0.675. The highest BCUT2D eigenvalue weighted by molar-refractivity contribution is 6.29. The molecule has 1 N–H and O–H groups in total. The summed E-state index contributed by atoms with van der Waals surface area (Å²) >= 11 is 5.51. The second-order valence-electron chi connectivity index (χ2n) is 1.53. The molecule has 1 aromatic rings. The first kappa shape index (κ1) is 6.23. The lowest BCUT2D eigenvalue weighted by atomic mass is 10.4. The van der Waals surface area contributed by atoms with Crippen molar-refractivity contribution in [1.29, 1.82) is 5.41 Å². The van der Waals surface area contributed by atoms with Crippen molar-refractivity contribution in [2.75, 3.05) is 0 Å². The Bertz CT molecular complexity index is 222. The van der Waals surface area contributed by atoms with Crippen LogP contribution in [0.4, 0.5) is 0 Å². The van der Waals surface area contributed by atoms with Crippen molar-refractivity contribution in [1.82, 2.24) is 4.98 Å². The number of aromatic nitrogens is 1. The van der Waals surface area contributed by atoms with Gasteiger partial charge in [0.2, 0.25) is 0 Å². The fraction of sp³-hybridized carbons (Fsp3) is 0. The average molecular weight is 141 g/mol. The van der Waals surface area contributed by atoms with E-state index in [0.717, 1.165) is 6.21 Å². The van der Waals surface area contributed by atoms with Gasteiger partial charge < -0.3 is 5.41 Å². The summed E-state index contributed by atoms with van der Waals surface area (Å²) in [6.45, 7) is 0. The van der Waals surface area contributed by atoms with Gasteiger partial charge in [0, 0.05) is 6.21 Å². The first-order chi connectivity index (χ1) is 4.33. The molecule has 0 unspecified atom stereocenters. The first-order valence-electron chi connectivity index (χ1n) is 2.46. The summed E-state index contributed by atoms with van der Waals surface area (Å²) < 4.78 is 0. The third-order valence-electron chi connectivity index (χ3n) is 0.885. The van der Waals surface area contributed by atoms with E-state index in [-0.39, 0.29) is 0 Å². The van der Waals surface area contributed by atoms with Crippen LogP contribution in [0.1, 0.15) is 5.69 Å². The zero-order chi connectivity index (χ0) is 6.69. The molecule has 0 aliphatic carbocycles. The summed E-state index contributed by atoms with van der Waals surface area (Å²) in [5, 5.41) is 7.22. The highest BCUT2D eigenvalue weighted by atomic mass is 35.5. The predicted molar refractivity (Wildman–Crippen MR) is 37.1 cm³/mol. The summed E-state index contributed by atoms with van der Waals surface area (Å²) in [5.74, 6) is 0. The van der Waals surface area contributed by atoms with Gasteiger partial charge in [-0.05, 0) is 12.1 Å². The van der Waals surface area contributed by atoms with Crippen molar-refractivity contribution in [3.8, 4) is 0 Å². The van der Waals surface area contributed by atoms with E-state index in [1.54, 1.807) is 18.2 Å². The molecule has 2 nitrogen and oxygen atoms in total. The van der Waals surface area contributed by atoms with Crippen molar-refractivity contribution in [2.24, 2.45) is 0 Å². The average Bonchev–Trinajstić information content (AvgIpc) is 1.88. The maximum atomic E-state index is 6.79. The molecular weight excluding hydrogens is 136 g/mol. The minimum absolute atomic E-state index is 0.427. The van der Waals surface area contributed by atoms with E-state index in [0.29, 0.717) is 10.8 Å². The number of halogens is 1. The molecule has 0 saturated carbocycles. The smallest absolute Gasteiger partial charge is 0.129 e. The molecule has 1 aromatic heterocycles. The van der Waals surface area contributed by atoms with Crippen LogP contribution in [0.2, 0.25) is 5.15 Å². The summed E-state index contributed by atoms with van der Waals surface area (Å²) in [4.78, 5) is 3.81. The Hall–Kier alpha value is -0.890. The third-order valence-corrected chi connectivity index (χ3v) is 1.10. The molecule has 0 fully saturated rings. The molecular formula is C6H5ClN2. The lowest BCUT2D eigenvalue weighted by molar-refractivity contribution is 1.29. The first-order valence-corrected chi connectivity index (χ1v) is 2.84. The molecule has 0 amide bonds. The summed E-state index contributed by atoms with van der Waals surface area (Å²) in [6.07, 6.45) is 1.16. The summed E-state index contributed by atoms with van der Waals surface area (Å²) in [6, 6.07) is 5.16. The Morgan fingerprint density at radius 3 is 2.78 bits per heavy atom. The minimum Gasteiger partial charge on any atom is -0.307 e. The van der Waals surface area contributed by atoms with Crippen LogP contribution in [0.15, 0.2) is 18.2 Å². The van der Waals surface area contributed by atoms with E-state index >= 15 is 0 Å². The summed E-state index contributed by atoms with van der Waals surface area (Å²) in [7, 11) is 0. The van der Waals surface area contributed by atoms with Gasteiger partial charge in [0.1, 0.15) is 5.15 Å². The van der Waals surface area contributed by atoms with Gasteiger partial charge in [-0.15, -0.1) is 0 Å². The van der Waals surface area contributed by atoms with Gasteiger partial charge >= 0.3 is 0 Å². The standard InChI is InChI=1S/C6H5ClN2/c7-6-3-1-2-5(4-8)9-6/h1-4,8H. The normalized spacial score (nSPS) is 9.00. The molecule has 1 rings (SSSR count). The summed E-state index contributed by atoms with van der Waals surface area (Å²) in [5.41, 5.74) is 0.586. The third kappa shape index (κ3) is 1.50. The van der Waals surface area contributed by atoms with Crippen LogP contribution < -0.4 is 0 Å². The van der Waals surface area contributed by atoms with Gasteiger partial charge in [0.15, 0.2) is 0 Å². The molecule has 0 aromatic carbocycles. The number of nitrogens with one attached hydrogen (secondary N) is 1. The van der Waals surface area contributed by atoms with Crippen LogP contribution in [-0.4, -0.2) is 11.2 Å². The van der Waals surface area contributed by atoms with Gasteiger partial charge in [0.25, 0.3) is 0 Å². The number of nitrogens with zero attached hydrogens (tertiary/aromatic N) is 1. The van der Waals surface area contributed by atoms with Crippen LogP contribution in [0.3, 0.4) is 0 Å². The number of rotatable bonds is 1. The van der Waals surface area contributed by atoms with E-state index in [9.17, 15) is 0 Å². The largest absolute Gasteiger partial charge is 0.307 e. The van der Waals surface area contributed by atoms with Crippen LogP contribution in [0, 0.1) is 5.41 Å². The van der Waals surface area contributed by atoms with Gasteiger partial charge in [0.05, 0.1) is 5.69 Å². The topological polar surface area (TPSA) is 36.7 Å². The Morgan fingerprint density at radius 1 is 1.56 bits per heavy atom. The van der Waals surface area contributed by atoms with Crippen LogP contribution in [0.25, 0.3) is 0 Å². The molecule has 1 heterocycles. The Morgan fingerprint density at radius 2 is 2.33 bits per heavy atom. The molecule has 46 valence electrons. The Labute approximate surface area is 58.0 Å². The minimum atomic E-state index is 0.427. The quantitative estimate of drug-likeness (QED) is 0.468. The van der Waals surface area contributed by atoms with Crippen molar-refractivity contribution in [3.05, 3.63) is 29.0 Å². The van der Waals surface area contributed by atoms with Crippen molar-refractivity contribution in [2.45, 2.75) is 0 Å². The highest BCUT2D eigenvalue weighted by Crippen LogP contribution is 2.02. The van der Waals surface area contributed by atoms with E-state index in [1.165, 1.54) is 0 Å². The maximum Gasteiger partial charge on any atom is 0.129 e. The van der Waals surface area contributed by atoms with Crippen molar-refractivity contribution < 1.29 is 0 Å². The second-order valence-corrected chi connectivity index (χ2v) is 1.92. The SMILES string of the molecule is N=Cc1cccc(Cl)n1. The van der Waals surface area contributed by atoms with Gasteiger partial charge in [-0.25, -0.2) is 4.98 Å². The van der Waals surface area contributed by atoms with Crippen LogP contribution >= 0.6 is 11.6 Å². The lowest BCUT2D eigenvalue weighted by Crippen LogP contribution is -1.83. The zero-order valence-electron chi connectivity index (χ0n) is 4.63. The monoisotopic (exact) mass is 140 g/mol. The zero-order valence-corrected chi connectivity index (χ0v) is 5.39. The van der Waals surface area contributed by atoms with Crippen molar-refractivity contribution in [3.63, 3.8) is 0 Å². The molecule has 0 aliphatic heterocycles. The van der Waals surface area contributed by atoms with Gasteiger partial charge in [-0.2, -0.15) is 0 Å². The Kier molecular flexibility index (Phi) is 1.80. The van der Waals surface area contributed by atoms with E-state index in [1.807, 2.05) is 0 Å². The molecule has 0 aliphatic rings. The Balaban J connectivity index is 3.07. The number of pyridine rings is 1. The molecule has 9 heavy (non-hydrogen) atoms. The maximum absolute atomic E-state index is 6.79. The van der Waals surface area contributed by atoms with Crippen molar-refractivity contribution >= 4 is 17.8 Å².